The number of hydrogen-bond acceptors (Lipinski definition) is 8. The fourth-order valence-corrected chi connectivity index (χ4v) is 2.29. The molecule has 0 heterocycles. The number of rotatable bonds is 10. The summed E-state index contributed by atoms with van der Waals surface area (Å²) in [5, 5.41) is 24.7. The minimum Gasteiger partial charge on any atom is -0.500 e. The number of carbonyl (C=O) groups is 1. The van der Waals surface area contributed by atoms with Crippen LogP contribution in [-0.4, -0.2) is 42.0 Å². The summed E-state index contributed by atoms with van der Waals surface area (Å²) < 4.78 is 16.0. The second kappa shape index (κ2) is 10.5. The maximum atomic E-state index is 11.9. The van der Waals surface area contributed by atoms with Crippen LogP contribution in [0.15, 0.2) is 41.5 Å². The number of phenolic OH excluding ortho intramolecular Hbond substituents is 1. The van der Waals surface area contributed by atoms with Crippen molar-refractivity contribution in [2.75, 3.05) is 19.8 Å². The zero-order valence-corrected chi connectivity index (χ0v) is 16.0. The Hall–Kier alpha value is -3.82. The smallest absolute Gasteiger partial charge is 0.315 e. The molecule has 2 N–H and O–H groups in total. The van der Waals surface area contributed by atoms with Gasteiger partial charge in [0.05, 0.1) is 24.4 Å². The summed E-state index contributed by atoms with van der Waals surface area (Å²) in [4.78, 5) is 22.2. The van der Waals surface area contributed by atoms with Crippen molar-refractivity contribution in [1.82, 2.24) is 5.43 Å². The van der Waals surface area contributed by atoms with E-state index < -0.39 is 22.3 Å². The predicted octanol–water partition coefficient (Wildman–Crippen LogP) is 2.63. The molecule has 0 aliphatic carbocycles. The highest BCUT2D eigenvalue weighted by molar-refractivity contribution is 5.85. The number of hydrazone groups is 1. The number of benzene rings is 2. The lowest BCUT2D eigenvalue weighted by atomic mass is 10.2. The van der Waals surface area contributed by atoms with Crippen LogP contribution >= 0.6 is 0 Å². The first-order valence-corrected chi connectivity index (χ1v) is 8.77. The molecule has 0 atom stereocenters. The standard InChI is InChI=1S/C19H21N3O7/c1-3-27-15-7-5-6-8-16(15)29-12-18(23)21-20-11-13-9-14(22(25)26)19(24)17(10-13)28-4-2/h5-11,24H,3-4,12H2,1-2H3,(H,21,23)/b20-11-. The van der Waals surface area contributed by atoms with E-state index in [1.54, 1.807) is 31.2 Å². The van der Waals surface area contributed by atoms with Crippen molar-refractivity contribution in [2.24, 2.45) is 5.10 Å². The molecule has 0 aliphatic rings. The zero-order chi connectivity index (χ0) is 21.2. The number of carbonyl (C=O) groups excluding carboxylic acids is 1. The first kappa shape index (κ1) is 21.5. The molecule has 0 bridgehead atoms. The van der Waals surface area contributed by atoms with Crippen molar-refractivity contribution in [3.8, 4) is 23.0 Å². The zero-order valence-electron chi connectivity index (χ0n) is 16.0. The number of nitro groups is 1. The molecule has 0 radical (unpaired) electrons. The average Bonchev–Trinajstić information content (AvgIpc) is 2.69. The predicted molar refractivity (Wildman–Crippen MR) is 105 cm³/mol. The van der Waals surface area contributed by atoms with Crippen molar-refractivity contribution in [3.63, 3.8) is 0 Å². The SMILES string of the molecule is CCOc1ccccc1OCC(=O)N/N=C\c1cc(OCC)c(O)c([N+](=O)[O-])c1. The van der Waals surface area contributed by atoms with E-state index in [-0.39, 0.29) is 24.5 Å². The number of ether oxygens (including phenoxy) is 3. The fraction of sp³-hybridized carbons (Fsp3) is 0.263. The van der Waals surface area contributed by atoms with Crippen LogP contribution in [-0.2, 0) is 4.79 Å². The normalized spacial score (nSPS) is 10.6. The quantitative estimate of drug-likeness (QED) is 0.354. The van der Waals surface area contributed by atoms with Gasteiger partial charge in [-0.1, -0.05) is 12.1 Å². The molecule has 0 unspecified atom stereocenters. The van der Waals surface area contributed by atoms with Gasteiger partial charge in [-0.05, 0) is 32.0 Å². The molecular formula is C19H21N3O7. The Morgan fingerprint density at radius 2 is 1.76 bits per heavy atom. The summed E-state index contributed by atoms with van der Waals surface area (Å²) in [7, 11) is 0. The summed E-state index contributed by atoms with van der Waals surface area (Å²) in [6, 6.07) is 9.42. The van der Waals surface area contributed by atoms with Gasteiger partial charge < -0.3 is 19.3 Å². The van der Waals surface area contributed by atoms with E-state index in [1.165, 1.54) is 12.3 Å². The lowest BCUT2D eigenvalue weighted by Gasteiger charge is -2.10. The van der Waals surface area contributed by atoms with Crippen molar-refractivity contribution in [3.05, 3.63) is 52.1 Å². The van der Waals surface area contributed by atoms with Gasteiger partial charge in [-0.15, -0.1) is 0 Å². The van der Waals surface area contributed by atoms with Crippen LogP contribution < -0.4 is 19.6 Å². The molecular weight excluding hydrogens is 382 g/mol. The second-order valence-electron chi connectivity index (χ2n) is 5.54. The molecule has 2 aromatic carbocycles. The molecule has 0 saturated heterocycles. The number of nitrogens with one attached hydrogen (secondary N) is 1. The molecule has 0 aromatic heterocycles. The van der Waals surface area contributed by atoms with Crippen LogP contribution in [0.5, 0.6) is 23.0 Å². The Balaban J connectivity index is 2.00. The lowest BCUT2D eigenvalue weighted by Crippen LogP contribution is -2.24. The first-order chi connectivity index (χ1) is 14.0. The molecule has 29 heavy (non-hydrogen) atoms. The summed E-state index contributed by atoms with van der Waals surface area (Å²) in [5.41, 5.74) is 2.00. The van der Waals surface area contributed by atoms with Crippen LogP contribution in [0.1, 0.15) is 19.4 Å². The Kier molecular flexibility index (Phi) is 7.78. The molecule has 0 spiro atoms. The van der Waals surface area contributed by atoms with E-state index in [0.717, 1.165) is 6.07 Å². The van der Waals surface area contributed by atoms with Gasteiger partial charge >= 0.3 is 5.69 Å². The van der Waals surface area contributed by atoms with Gasteiger partial charge in [-0.25, -0.2) is 5.43 Å². The minimum atomic E-state index is -0.739. The van der Waals surface area contributed by atoms with Crippen molar-refractivity contribution in [1.29, 1.82) is 0 Å². The molecule has 154 valence electrons. The highest BCUT2D eigenvalue weighted by Gasteiger charge is 2.19. The van der Waals surface area contributed by atoms with Crippen molar-refractivity contribution >= 4 is 17.8 Å². The lowest BCUT2D eigenvalue weighted by molar-refractivity contribution is -0.386. The van der Waals surface area contributed by atoms with Gasteiger partial charge in [-0.2, -0.15) is 5.10 Å². The fourth-order valence-electron chi connectivity index (χ4n) is 2.29. The average molecular weight is 403 g/mol. The van der Waals surface area contributed by atoms with Gasteiger partial charge in [-0.3, -0.25) is 14.9 Å². The third kappa shape index (κ3) is 6.09. The van der Waals surface area contributed by atoms with Crippen molar-refractivity contribution in [2.45, 2.75) is 13.8 Å². The van der Waals surface area contributed by atoms with Crippen LogP contribution in [0, 0.1) is 10.1 Å². The summed E-state index contributed by atoms with van der Waals surface area (Å²) in [6.07, 6.45) is 1.20. The molecule has 2 aromatic rings. The Morgan fingerprint density at radius 3 is 2.38 bits per heavy atom. The molecule has 1 amide bonds. The van der Waals surface area contributed by atoms with Gasteiger partial charge in [0.25, 0.3) is 5.91 Å². The number of nitrogens with zero attached hydrogens (tertiary/aromatic N) is 2. The van der Waals surface area contributed by atoms with E-state index in [4.69, 9.17) is 14.2 Å². The van der Waals surface area contributed by atoms with Gasteiger partial charge in [0, 0.05) is 11.6 Å². The van der Waals surface area contributed by atoms with E-state index in [9.17, 15) is 20.0 Å². The van der Waals surface area contributed by atoms with E-state index in [1.807, 2.05) is 6.92 Å². The number of phenols is 1. The molecule has 10 heteroatoms. The highest BCUT2D eigenvalue weighted by atomic mass is 16.6. The monoisotopic (exact) mass is 403 g/mol. The number of aromatic hydroxyl groups is 1. The largest absolute Gasteiger partial charge is 0.500 e. The maximum Gasteiger partial charge on any atom is 0.315 e. The second-order valence-corrected chi connectivity index (χ2v) is 5.54. The summed E-state index contributed by atoms with van der Waals surface area (Å²) in [5.74, 6) is -0.217. The van der Waals surface area contributed by atoms with Crippen LogP contribution in [0.2, 0.25) is 0 Å². The number of amides is 1. The highest BCUT2D eigenvalue weighted by Crippen LogP contribution is 2.36. The first-order valence-electron chi connectivity index (χ1n) is 8.77. The maximum absolute atomic E-state index is 11.9. The molecule has 0 aliphatic heterocycles. The third-order valence-electron chi connectivity index (χ3n) is 3.48. The molecule has 2 rings (SSSR count). The van der Waals surface area contributed by atoms with E-state index in [2.05, 4.69) is 10.5 Å². The van der Waals surface area contributed by atoms with Crippen LogP contribution in [0.4, 0.5) is 5.69 Å². The third-order valence-corrected chi connectivity index (χ3v) is 3.48. The Bertz CT molecular complexity index is 899. The summed E-state index contributed by atoms with van der Waals surface area (Å²) >= 11 is 0. The minimum absolute atomic E-state index is 0.0506. The number of para-hydroxylation sites is 2. The number of hydrogen-bond donors (Lipinski definition) is 2. The Morgan fingerprint density at radius 1 is 1.14 bits per heavy atom. The Labute approximate surface area is 166 Å². The van der Waals surface area contributed by atoms with E-state index in [0.29, 0.717) is 18.1 Å². The molecule has 0 saturated carbocycles. The molecule has 10 nitrogen and oxygen atoms in total. The van der Waals surface area contributed by atoms with E-state index >= 15 is 0 Å². The number of nitro benzene ring substituents is 1. The molecule has 0 fully saturated rings. The van der Waals surface area contributed by atoms with Crippen LogP contribution in [0.25, 0.3) is 0 Å². The summed E-state index contributed by atoms with van der Waals surface area (Å²) in [6.45, 7) is 3.88. The topological polar surface area (TPSA) is 133 Å². The van der Waals surface area contributed by atoms with Gasteiger partial charge in [0.15, 0.2) is 23.9 Å². The van der Waals surface area contributed by atoms with Crippen molar-refractivity contribution < 1.29 is 29.0 Å². The van der Waals surface area contributed by atoms with Crippen LogP contribution in [0.3, 0.4) is 0 Å². The van der Waals surface area contributed by atoms with Gasteiger partial charge in [0.2, 0.25) is 5.75 Å². The van der Waals surface area contributed by atoms with Gasteiger partial charge in [0.1, 0.15) is 0 Å².